The zero-order chi connectivity index (χ0) is 21.4. The van der Waals surface area contributed by atoms with Crippen molar-refractivity contribution in [3.63, 3.8) is 0 Å². The highest BCUT2D eigenvalue weighted by Crippen LogP contribution is 2.41. The Balaban J connectivity index is 2.01. The first-order valence-electron chi connectivity index (χ1n) is 8.38. The number of benzene rings is 2. The number of carbonyl (C=O) groups excluding carboxylic acids is 1. The number of methoxy groups -OCH3 is 2. The maximum atomic E-state index is 11.7. The molecule has 7 nitrogen and oxygen atoms in total. The summed E-state index contributed by atoms with van der Waals surface area (Å²) in [4.78, 5) is 11.7. The molecule has 0 radical (unpaired) electrons. The van der Waals surface area contributed by atoms with Crippen LogP contribution in [-0.4, -0.2) is 38.1 Å². The summed E-state index contributed by atoms with van der Waals surface area (Å²) in [5, 5.41) is 7.41. The molecule has 2 aromatic carbocycles. The van der Waals surface area contributed by atoms with Gasteiger partial charge in [-0.2, -0.15) is 5.10 Å². The van der Waals surface area contributed by atoms with Crippen molar-refractivity contribution in [1.29, 1.82) is 0 Å². The number of nitrogens with one attached hydrogen (secondary N) is 2. The average Bonchev–Trinajstić information content (AvgIpc) is 2.71. The molecule has 0 unspecified atom stereocenters. The Morgan fingerprint density at radius 2 is 1.86 bits per heavy atom. The molecule has 0 aliphatic heterocycles. The first kappa shape index (κ1) is 23.1. The van der Waals surface area contributed by atoms with Crippen molar-refractivity contribution in [1.82, 2.24) is 5.43 Å². The van der Waals surface area contributed by atoms with Crippen LogP contribution < -0.4 is 20.2 Å². The van der Waals surface area contributed by atoms with Crippen LogP contribution in [0.5, 0.6) is 11.5 Å². The summed E-state index contributed by atoms with van der Waals surface area (Å²) in [7, 11) is 3.12. The molecule has 2 aromatic rings. The van der Waals surface area contributed by atoms with Gasteiger partial charge in [-0.1, -0.05) is 0 Å². The number of halogens is 2. The Labute approximate surface area is 191 Å². The van der Waals surface area contributed by atoms with E-state index < -0.39 is 0 Å². The highest BCUT2D eigenvalue weighted by atomic mass is 79.9. The molecule has 0 amide bonds. The summed E-state index contributed by atoms with van der Waals surface area (Å²) < 4.78 is 17.1. The average molecular weight is 545 g/mol. The van der Waals surface area contributed by atoms with E-state index in [0.717, 1.165) is 10.0 Å². The van der Waals surface area contributed by atoms with Gasteiger partial charge in [-0.05, 0) is 81.3 Å². The van der Waals surface area contributed by atoms with Crippen molar-refractivity contribution >= 4 is 67.1 Å². The maximum Gasteiger partial charge on any atom is 0.338 e. The second-order valence-electron chi connectivity index (χ2n) is 5.45. The van der Waals surface area contributed by atoms with Crippen LogP contribution in [0.2, 0.25) is 0 Å². The number of esters is 1. The zero-order valence-electron chi connectivity index (χ0n) is 15.9. The topological polar surface area (TPSA) is 81.2 Å². The lowest BCUT2D eigenvalue weighted by atomic mass is 10.2. The predicted molar refractivity (Wildman–Crippen MR) is 124 cm³/mol. The molecule has 29 heavy (non-hydrogen) atoms. The SMILES string of the molecule is CCOC(=O)c1ccc(NC(=S)N/N=C/c2cc(OC)c(OC)c(Br)c2Br)cc1. The largest absolute Gasteiger partial charge is 0.493 e. The standard InChI is InChI=1S/C19H19Br2N3O4S/c1-4-28-18(25)11-5-7-13(8-6-11)23-19(29)24-22-10-12-9-14(26-2)17(27-3)16(21)15(12)20/h5-10H,4H2,1-3H3,(H2,23,24,29)/b22-10+. The van der Waals surface area contributed by atoms with Gasteiger partial charge in [-0.15, -0.1) is 0 Å². The molecule has 10 heteroatoms. The van der Waals surface area contributed by atoms with Crippen LogP contribution in [0.25, 0.3) is 0 Å². The van der Waals surface area contributed by atoms with Gasteiger partial charge in [-0.25, -0.2) is 4.79 Å². The van der Waals surface area contributed by atoms with Crippen LogP contribution in [-0.2, 0) is 4.74 Å². The molecule has 0 fully saturated rings. The summed E-state index contributed by atoms with van der Waals surface area (Å²) in [6.07, 6.45) is 1.59. The van der Waals surface area contributed by atoms with Crippen LogP contribution in [0.4, 0.5) is 5.69 Å². The third-order valence-electron chi connectivity index (χ3n) is 3.60. The van der Waals surface area contributed by atoms with Gasteiger partial charge in [0.05, 0.1) is 37.1 Å². The van der Waals surface area contributed by atoms with Crippen LogP contribution in [0, 0.1) is 0 Å². The fraction of sp³-hybridized carbons (Fsp3) is 0.211. The van der Waals surface area contributed by atoms with E-state index in [2.05, 4.69) is 47.7 Å². The fourth-order valence-corrected chi connectivity index (χ4v) is 3.42. The van der Waals surface area contributed by atoms with Gasteiger partial charge in [0.1, 0.15) is 0 Å². The number of hydrogen-bond donors (Lipinski definition) is 2. The van der Waals surface area contributed by atoms with Gasteiger partial charge < -0.3 is 19.5 Å². The molecule has 0 aromatic heterocycles. The number of hydrogen-bond acceptors (Lipinski definition) is 6. The molecule has 0 bridgehead atoms. The van der Waals surface area contributed by atoms with Gasteiger partial charge in [0.2, 0.25) is 0 Å². The fourth-order valence-electron chi connectivity index (χ4n) is 2.26. The number of carbonyl (C=O) groups is 1. The summed E-state index contributed by atoms with van der Waals surface area (Å²) in [5.41, 5.74) is 4.67. The van der Waals surface area contributed by atoms with Crippen LogP contribution in [0.15, 0.2) is 44.4 Å². The molecule has 2 rings (SSSR count). The third-order valence-corrected chi connectivity index (χ3v) is 5.94. The highest BCUT2D eigenvalue weighted by molar-refractivity contribution is 9.13. The normalized spacial score (nSPS) is 10.5. The molecular formula is C19H19Br2N3O4S. The van der Waals surface area contributed by atoms with E-state index in [1.165, 1.54) is 0 Å². The van der Waals surface area contributed by atoms with Crippen molar-refractivity contribution in [3.8, 4) is 11.5 Å². The van der Waals surface area contributed by atoms with E-state index in [4.69, 9.17) is 26.4 Å². The summed E-state index contributed by atoms with van der Waals surface area (Å²) >= 11 is 12.2. The zero-order valence-corrected chi connectivity index (χ0v) is 19.9. The lowest BCUT2D eigenvalue weighted by Gasteiger charge is -2.12. The Morgan fingerprint density at radius 1 is 1.17 bits per heavy atom. The minimum absolute atomic E-state index is 0.292. The van der Waals surface area contributed by atoms with Crippen molar-refractivity contribution in [3.05, 3.63) is 50.4 Å². The molecule has 0 saturated carbocycles. The number of thiocarbonyl (C=S) groups is 1. The van der Waals surface area contributed by atoms with Crippen LogP contribution in [0.3, 0.4) is 0 Å². The molecule has 0 aliphatic carbocycles. The first-order chi connectivity index (χ1) is 13.9. The second-order valence-corrected chi connectivity index (χ2v) is 7.45. The quantitative estimate of drug-likeness (QED) is 0.226. The Morgan fingerprint density at radius 3 is 2.45 bits per heavy atom. The number of hydrazone groups is 1. The van der Waals surface area contributed by atoms with Crippen LogP contribution >= 0.6 is 44.1 Å². The molecule has 0 spiro atoms. The summed E-state index contributed by atoms with van der Waals surface area (Å²) in [6.45, 7) is 2.09. The third kappa shape index (κ3) is 6.15. The van der Waals surface area contributed by atoms with E-state index in [1.807, 2.05) is 0 Å². The van der Waals surface area contributed by atoms with Crippen molar-refractivity contribution in [2.45, 2.75) is 6.92 Å². The van der Waals surface area contributed by atoms with E-state index in [9.17, 15) is 4.79 Å². The van der Waals surface area contributed by atoms with E-state index >= 15 is 0 Å². The van der Waals surface area contributed by atoms with Crippen LogP contribution in [0.1, 0.15) is 22.8 Å². The van der Waals surface area contributed by atoms with Gasteiger partial charge in [0.15, 0.2) is 16.6 Å². The second kappa shape index (κ2) is 11.1. The maximum absolute atomic E-state index is 11.7. The highest BCUT2D eigenvalue weighted by Gasteiger charge is 2.15. The molecule has 154 valence electrons. The summed E-state index contributed by atoms with van der Waals surface area (Å²) in [6, 6.07) is 8.55. The van der Waals surface area contributed by atoms with Gasteiger partial charge in [-0.3, -0.25) is 5.43 Å². The molecular weight excluding hydrogens is 526 g/mol. The van der Waals surface area contributed by atoms with Crippen molar-refractivity contribution in [2.75, 3.05) is 26.1 Å². The number of ether oxygens (including phenoxy) is 3. The van der Waals surface area contributed by atoms with Gasteiger partial charge >= 0.3 is 5.97 Å². The monoisotopic (exact) mass is 543 g/mol. The Bertz CT molecular complexity index is 921. The number of nitrogens with zero attached hydrogens (tertiary/aromatic N) is 1. The van der Waals surface area contributed by atoms with Gasteiger partial charge in [0, 0.05) is 15.7 Å². The Kier molecular flexibility index (Phi) is 8.87. The lowest BCUT2D eigenvalue weighted by molar-refractivity contribution is 0.0526. The van der Waals surface area contributed by atoms with E-state index in [1.54, 1.807) is 57.7 Å². The smallest absolute Gasteiger partial charge is 0.338 e. The minimum atomic E-state index is -0.365. The molecule has 0 heterocycles. The van der Waals surface area contributed by atoms with Gasteiger partial charge in [0.25, 0.3) is 0 Å². The number of anilines is 1. The number of rotatable bonds is 7. The molecule has 0 saturated heterocycles. The molecule has 0 aliphatic rings. The lowest BCUT2D eigenvalue weighted by Crippen LogP contribution is -2.23. The summed E-state index contributed by atoms with van der Waals surface area (Å²) in [5.74, 6) is 0.773. The minimum Gasteiger partial charge on any atom is -0.493 e. The van der Waals surface area contributed by atoms with E-state index in [-0.39, 0.29) is 5.97 Å². The van der Waals surface area contributed by atoms with Crippen molar-refractivity contribution < 1.29 is 19.0 Å². The molecule has 2 N–H and O–H groups in total. The molecule has 0 atom stereocenters. The van der Waals surface area contributed by atoms with Crippen molar-refractivity contribution in [2.24, 2.45) is 5.10 Å². The Hall–Kier alpha value is -2.17. The van der Waals surface area contributed by atoms with E-state index in [0.29, 0.717) is 38.9 Å². The first-order valence-corrected chi connectivity index (χ1v) is 10.4. The predicted octanol–water partition coefficient (Wildman–Crippen LogP) is 4.73.